The quantitative estimate of drug-likeness (QED) is 0.370. The average molecular weight is 338 g/mol. The Hall–Kier alpha value is -0.360. The molecule has 0 aromatic carbocycles. The Morgan fingerprint density at radius 2 is 1.43 bits per heavy atom. The Morgan fingerprint density at radius 1 is 0.870 bits per heavy atom. The number of hydrogen-bond donors (Lipinski definition) is 5. The van der Waals surface area contributed by atoms with Crippen LogP contribution in [0.2, 0.25) is 0 Å². The van der Waals surface area contributed by atoms with E-state index in [9.17, 15) is 25.5 Å². The van der Waals surface area contributed by atoms with E-state index in [1.807, 2.05) is 13.8 Å². The summed E-state index contributed by atoms with van der Waals surface area (Å²) in [5, 5.41) is 48.9. The van der Waals surface area contributed by atoms with Crippen LogP contribution < -0.4 is 0 Å². The van der Waals surface area contributed by atoms with E-state index in [-0.39, 0.29) is 19.1 Å². The van der Waals surface area contributed by atoms with E-state index in [0.29, 0.717) is 6.61 Å². The molecule has 0 saturated carbocycles. The second kappa shape index (κ2) is 8.15. The highest BCUT2D eigenvalue weighted by atomic mass is 16.7. The van der Waals surface area contributed by atoms with E-state index >= 15 is 0 Å². The summed E-state index contributed by atoms with van der Waals surface area (Å²) in [6.07, 6.45) is -9.99. The van der Waals surface area contributed by atoms with Crippen LogP contribution in [0.1, 0.15) is 13.8 Å². The Morgan fingerprint density at radius 3 is 2.04 bits per heavy atom. The minimum atomic E-state index is -1.50. The fourth-order valence-corrected chi connectivity index (χ4v) is 2.40. The molecule has 0 aromatic rings. The predicted molar refractivity (Wildman–Crippen MR) is 75.2 cm³/mol. The third kappa shape index (κ3) is 4.59. The first-order valence-electron chi connectivity index (χ1n) is 7.71. The molecule has 2 rings (SSSR count). The largest absolute Gasteiger partial charge is 0.388 e. The van der Waals surface area contributed by atoms with Gasteiger partial charge >= 0.3 is 0 Å². The molecule has 9 heteroatoms. The molecule has 0 aromatic heterocycles. The first-order chi connectivity index (χ1) is 10.8. The Bertz CT molecular complexity index is 366. The average Bonchev–Trinajstić information content (AvgIpc) is 2.51. The van der Waals surface area contributed by atoms with Crippen molar-refractivity contribution >= 4 is 0 Å². The molecule has 9 nitrogen and oxygen atoms in total. The van der Waals surface area contributed by atoms with Gasteiger partial charge in [0.15, 0.2) is 12.6 Å². The maximum absolute atomic E-state index is 10.1. The van der Waals surface area contributed by atoms with Gasteiger partial charge in [-0.3, -0.25) is 0 Å². The lowest BCUT2D eigenvalue weighted by Gasteiger charge is -2.42. The van der Waals surface area contributed by atoms with Gasteiger partial charge in [0.25, 0.3) is 0 Å². The minimum absolute atomic E-state index is 0.112. The molecule has 136 valence electrons. The van der Waals surface area contributed by atoms with E-state index in [0.717, 1.165) is 0 Å². The molecule has 0 aliphatic carbocycles. The zero-order chi connectivity index (χ0) is 17.1. The molecule has 2 heterocycles. The Balaban J connectivity index is 2.02. The van der Waals surface area contributed by atoms with Gasteiger partial charge in [-0.25, -0.2) is 0 Å². The van der Waals surface area contributed by atoms with Crippen LogP contribution in [-0.4, -0.2) is 94.6 Å². The van der Waals surface area contributed by atoms with E-state index in [2.05, 4.69) is 0 Å². The Labute approximate surface area is 134 Å². The second-order valence-electron chi connectivity index (χ2n) is 6.34. The van der Waals surface area contributed by atoms with Gasteiger partial charge in [-0.15, -0.1) is 0 Å². The second-order valence-corrected chi connectivity index (χ2v) is 6.34. The lowest BCUT2D eigenvalue weighted by Crippen LogP contribution is -2.60. The van der Waals surface area contributed by atoms with Crippen LogP contribution in [0.4, 0.5) is 0 Å². The highest BCUT2D eigenvalue weighted by molar-refractivity contribution is 4.88. The van der Waals surface area contributed by atoms with Crippen molar-refractivity contribution in [2.45, 2.75) is 63.1 Å². The van der Waals surface area contributed by atoms with Crippen LogP contribution in [0.25, 0.3) is 0 Å². The van der Waals surface area contributed by atoms with Gasteiger partial charge < -0.3 is 44.5 Å². The molecule has 8 atom stereocenters. The summed E-state index contributed by atoms with van der Waals surface area (Å²) in [6, 6.07) is 0. The van der Waals surface area contributed by atoms with Crippen molar-refractivity contribution in [3.8, 4) is 0 Å². The van der Waals surface area contributed by atoms with E-state index in [1.54, 1.807) is 0 Å². The van der Waals surface area contributed by atoms with Crippen LogP contribution in [0.5, 0.6) is 0 Å². The van der Waals surface area contributed by atoms with Gasteiger partial charge in [-0.2, -0.15) is 0 Å². The van der Waals surface area contributed by atoms with Crippen molar-refractivity contribution in [3.63, 3.8) is 0 Å². The van der Waals surface area contributed by atoms with Gasteiger partial charge in [0.1, 0.15) is 36.6 Å². The normalized spacial score (nSPS) is 45.4. The third-order valence-electron chi connectivity index (χ3n) is 3.77. The fourth-order valence-electron chi connectivity index (χ4n) is 2.40. The van der Waals surface area contributed by atoms with Crippen molar-refractivity contribution in [2.24, 2.45) is 5.92 Å². The number of hydrogen-bond acceptors (Lipinski definition) is 9. The number of ether oxygens (including phenoxy) is 4. The molecule has 0 spiro atoms. The lowest BCUT2D eigenvalue weighted by atomic mass is 10.0. The van der Waals surface area contributed by atoms with Gasteiger partial charge in [0, 0.05) is 0 Å². The molecule has 8 unspecified atom stereocenters. The van der Waals surface area contributed by atoms with E-state index in [4.69, 9.17) is 18.9 Å². The van der Waals surface area contributed by atoms with Gasteiger partial charge in [0.05, 0.1) is 19.8 Å². The topological polar surface area (TPSA) is 138 Å². The summed E-state index contributed by atoms with van der Waals surface area (Å²) in [5.74, 6) is 0.219. The molecular formula is C14H26O9. The minimum Gasteiger partial charge on any atom is -0.388 e. The smallest absolute Gasteiger partial charge is 0.186 e. The summed E-state index contributed by atoms with van der Waals surface area (Å²) in [5.41, 5.74) is 0. The molecule has 2 fully saturated rings. The third-order valence-corrected chi connectivity index (χ3v) is 3.77. The van der Waals surface area contributed by atoms with Crippen molar-refractivity contribution in [3.05, 3.63) is 0 Å². The fraction of sp³-hybridized carbons (Fsp3) is 1.00. The van der Waals surface area contributed by atoms with E-state index in [1.165, 1.54) is 0 Å². The number of aliphatic hydroxyl groups excluding tert-OH is 5. The van der Waals surface area contributed by atoms with Crippen molar-refractivity contribution < 1.29 is 44.5 Å². The van der Waals surface area contributed by atoms with Gasteiger partial charge in [0.2, 0.25) is 0 Å². The zero-order valence-corrected chi connectivity index (χ0v) is 13.2. The molecule has 0 radical (unpaired) electrons. The summed E-state index contributed by atoms with van der Waals surface area (Å²) in [6.45, 7) is 3.89. The van der Waals surface area contributed by atoms with Gasteiger partial charge in [-0.1, -0.05) is 13.8 Å². The van der Waals surface area contributed by atoms with Crippen molar-refractivity contribution in [1.82, 2.24) is 0 Å². The molecule has 5 N–H and O–H groups in total. The number of aliphatic hydroxyl groups is 5. The maximum atomic E-state index is 10.1. The molecular weight excluding hydrogens is 312 g/mol. The molecule has 2 aliphatic heterocycles. The SMILES string of the molecule is CC(C)COC1OCC(O)C(O)C1OC1OCC(O)C(O)C1O. The molecule has 23 heavy (non-hydrogen) atoms. The highest BCUT2D eigenvalue weighted by Gasteiger charge is 2.46. The first kappa shape index (κ1) is 19.0. The predicted octanol–water partition coefficient (Wildman–Crippen LogP) is -2.44. The van der Waals surface area contributed by atoms with Crippen LogP contribution in [0, 0.1) is 5.92 Å². The molecule has 2 aliphatic rings. The monoisotopic (exact) mass is 338 g/mol. The van der Waals surface area contributed by atoms with Gasteiger partial charge in [-0.05, 0) is 5.92 Å². The highest BCUT2D eigenvalue weighted by Crippen LogP contribution is 2.25. The maximum Gasteiger partial charge on any atom is 0.186 e. The van der Waals surface area contributed by atoms with Crippen LogP contribution in [0.3, 0.4) is 0 Å². The first-order valence-corrected chi connectivity index (χ1v) is 7.71. The van der Waals surface area contributed by atoms with Crippen molar-refractivity contribution in [2.75, 3.05) is 19.8 Å². The number of rotatable bonds is 5. The summed E-state index contributed by atoms with van der Waals surface area (Å²) < 4.78 is 21.5. The molecule has 0 bridgehead atoms. The summed E-state index contributed by atoms with van der Waals surface area (Å²) >= 11 is 0. The molecule has 2 saturated heterocycles. The van der Waals surface area contributed by atoms with Crippen molar-refractivity contribution in [1.29, 1.82) is 0 Å². The molecule has 0 amide bonds. The standard InChI is InChI=1S/C14H26O9/c1-6(2)3-20-14-12(10(18)8(16)5-22-14)23-13-11(19)9(17)7(15)4-21-13/h6-19H,3-5H2,1-2H3. The van der Waals surface area contributed by atoms with Crippen LogP contribution in [0.15, 0.2) is 0 Å². The summed E-state index contributed by atoms with van der Waals surface area (Å²) in [4.78, 5) is 0. The Kier molecular flexibility index (Phi) is 6.72. The van der Waals surface area contributed by atoms with Crippen LogP contribution >= 0.6 is 0 Å². The lowest BCUT2D eigenvalue weighted by molar-refractivity contribution is -0.344. The van der Waals surface area contributed by atoms with Crippen LogP contribution in [-0.2, 0) is 18.9 Å². The van der Waals surface area contributed by atoms with E-state index < -0.39 is 49.2 Å². The zero-order valence-electron chi connectivity index (χ0n) is 13.2. The summed E-state index contributed by atoms with van der Waals surface area (Å²) in [7, 11) is 0.